The van der Waals surface area contributed by atoms with Gasteiger partial charge in [0.25, 0.3) is 0 Å². The van der Waals surface area contributed by atoms with E-state index < -0.39 is 5.97 Å². The first-order chi connectivity index (χ1) is 15.1. The molecule has 31 heavy (non-hydrogen) atoms. The lowest BCUT2D eigenvalue weighted by Crippen LogP contribution is -2.32. The van der Waals surface area contributed by atoms with Gasteiger partial charge in [0.05, 0.1) is 23.3 Å². The largest absolute Gasteiger partial charge is 0.478 e. The summed E-state index contributed by atoms with van der Waals surface area (Å²) in [6, 6.07) is 16.6. The van der Waals surface area contributed by atoms with Gasteiger partial charge in [-0.2, -0.15) is 0 Å². The lowest BCUT2D eigenvalue weighted by Gasteiger charge is -2.29. The van der Waals surface area contributed by atoms with Crippen molar-refractivity contribution in [2.45, 2.75) is 18.5 Å². The van der Waals surface area contributed by atoms with E-state index in [1.807, 2.05) is 47.2 Å². The Labute approximate surface area is 186 Å². The number of hydrogen-bond donors (Lipinski definition) is 2. The molecule has 3 aromatic rings. The maximum atomic E-state index is 11.5. The fraction of sp³-hybridized carbons (Fsp3) is 0.261. The molecule has 1 aliphatic rings. The van der Waals surface area contributed by atoms with Gasteiger partial charge in [0.2, 0.25) is 0 Å². The molecule has 1 aliphatic heterocycles. The van der Waals surface area contributed by atoms with Crippen molar-refractivity contribution in [2.75, 3.05) is 20.3 Å². The van der Waals surface area contributed by atoms with E-state index >= 15 is 0 Å². The zero-order chi connectivity index (χ0) is 21.8. The van der Waals surface area contributed by atoms with Gasteiger partial charge < -0.3 is 24.6 Å². The molecule has 1 saturated heterocycles. The summed E-state index contributed by atoms with van der Waals surface area (Å²) in [5.41, 5.74) is 2.93. The summed E-state index contributed by atoms with van der Waals surface area (Å²) in [5, 5.41) is 13.5. The number of thiocarbonyl (C=S) groups is 1. The van der Waals surface area contributed by atoms with E-state index in [2.05, 4.69) is 15.2 Å². The topological polar surface area (TPSA) is 79.6 Å². The van der Waals surface area contributed by atoms with E-state index in [9.17, 15) is 9.90 Å². The molecule has 0 bridgehead atoms. The number of benzene rings is 1. The summed E-state index contributed by atoms with van der Waals surface area (Å²) in [5.74, 6) is -0.952. The molecule has 0 unspecified atom stereocenters. The Hall–Kier alpha value is -3.23. The van der Waals surface area contributed by atoms with Gasteiger partial charge in [-0.15, -0.1) is 0 Å². The summed E-state index contributed by atoms with van der Waals surface area (Å²) < 4.78 is 7.26. The van der Waals surface area contributed by atoms with Crippen LogP contribution in [0.15, 0.2) is 67.0 Å². The minimum Gasteiger partial charge on any atom is -0.478 e. The van der Waals surface area contributed by atoms with Crippen molar-refractivity contribution >= 4 is 23.3 Å². The van der Waals surface area contributed by atoms with Gasteiger partial charge in [-0.1, -0.05) is 12.1 Å². The Balaban J connectivity index is 1.77. The van der Waals surface area contributed by atoms with Crippen LogP contribution < -0.4 is 5.32 Å². The molecule has 1 aromatic carbocycles. The third-order valence-corrected chi connectivity index (χ3v) is 5.75. The number of aromatic carboxylic acids is 1. The number of carboxylic acids is 1. The summed E-state index contributed by atoms with van der Waals surface area (Å²) in [4.78, 5) is 18.2. The van der Waals surface area contributed by atoms with Crippen LogP contribution in [0.25, 0.3) is 5.69 Å². The van der Waals surface area contributed by atoms with Crippen LogP contribution >= 0.6 is 12.2 Å². The van der Waals surface area contributed by atoms with E-state index in [1.165, 1.54) is 0 Å². The average molecular weight is 437 g/mol. The Kier molecular flexibility index (Phi) is 6.29. The molecule has 8 heteroatoms. The van der Waals surface area contributed by atoms with Crippen molar-refractivity contribution in [3.8, 4) is 5.69 Å². The van der Waals surface area contributed by atoms with E-state index in [0.717, 1.165) is 30.0 Å². The minimum absolute atomic E-state index is 0.109. The van der Waals surface area contributed by atoms with Crippen LogP contribution in [0.3, 0.4) is 0 Å². The maximum absolute atomic E-state index is 11.5. The lowest BCUT2D eigenvalue weighted by atomic mass is 10.0. The highest BCUT2D eigenvalue weighted by molar-refractivity contribution is 7.80. The predicted octanol–water partition coefficient (Wildman–Crippen LogP) is 3.58. The molecule has 160 valence electrons. The molecule has 0 saturated carbocycles. The third kappa shape index (κ3) is 4.30. The molecule has 2 aromatic heterocycles. The second kappa shape index (κ2) is 9.28. The first kappa shape index (κ1) is 21.0. The number of methoxy groups -OCH3 is 1. The van der Waals surface area contributed by atoms with Gasteiger partial charge in [-0.05, 0) is 61.1 Å². The van der Waals surface area contributed by atoms with Gasteiger partial charge in [0.1, 0.15) is 0 Å². The van der Waals surface area contributed by atoms with Crippen molar-refractivity contribution in [3.05, 3.63) is 83.9 Å². The first-order valence-corrected chi connectivity index (χ1v) is 10.5. The smallest absolute Gasteiger partial charge is 0.335 e. The van der Waals surface area contributed by atoms with Crippen molar-refractivity contribution in [1.82, 2.24) is 19.8 Å². The van der Waals surface area contributed by atoms with Gasteiger partial charge in [-0.3, -0.25) is 4.98 Å². The standard InChI is InChI=1S/C23H24N4O3S/c1-30-14-6-13-27-21(20(25-23(27)31)18-9-2-3-11-24-18)19-10-5-12-26(19)17-8-4-7-16(15-17)22(28)29/h2-5,7-12,15,20-21H,6,13-14H2,1H3,(H,25,31)(H,28,29)/t20-,21-/m1/s1. The SMILES string of the molecule is COCCCN1C(=S)N[C@H](c2ccccn2)[C@H]1c1cccn1-c1cccc(C(=O)O)c1. The summed E-state index contributed by atoms with van der Waals surface area (Å²) >= 11 is 5.69. The summed E-state index contributed by atoms with van der Waals surface area (Å²) in [6.07, 6.45) is 4.56. The molecule has 7 nitrogen and oxygen atoms in total. The zero-order valence-corrected chi connectivity index (χ0v) is 18.0. The molecular formula is C23H24N4O3S. The first-order valence-electron chi connectivity index (χ1n) is 10.1. The Morgan fingerprint density at radius 2 is 2.10 bits per heavy atom. The molecule has 0 amide bonds. The van der Waals surface area contributed by atoms with Gasteiger partial charge in [-0.25, -0.2) is 4.79 Å². The molecule has 3 heterocycles. The maximum Gasteiger partial charge on any atom is 0.335 e. The second-order valence-electron chi connectivity index (χ2n) is 7.32. The summed E-state index contributed by atoms with van der Waals surface area (Å²) in [7, 11) is 1.69. The van der Waals surface area contributed by atoms with Crippen molar-refractivity contribution < 1.29 is 14.6 Å². The van der Waals surface area contributed by atoms with Crippen molar-refractivity contribution in [2.24, 2.45) is 0 Å². The molecule has 4 rings (SSSR count). The van der Waals surface area contributed by atoms with Crippen LogP contribution in [0.5, 0.6) is 0 Å². The Morgan fingerprint density at radius 1 is 1.23 bits per heavy atom. The number of hydrogen-bond acceptors (Lipinski definition) is 4. The van der Waals surface area contributed by atoms with Crippen molar-refractivity contribution in [1.29, 1.82) is 0 Å². The van der Waals surface area contributed by atoms with Crippen LogP contribution in [0, 0.1) is 0 Å². The fourth-order valence-corrected chi connectivity index (χ4v) is 4.34. The van der Waals surface area contributed by atoms with Crippen LogP contribution in [0.4, 0.5) is 0 Å². The lowest BCUT2D eigenvalue weighted by molar-refractivity contribution is 0.0697. The number of carboxylic acid groups (broad SMARTS) is 1. The number of ether oxygens (including phenoxy) is 1. The normalized spacial score (nSPS) is 18.2. The third-order valence-electron chi connectivity index (χ3n) is 5.40. The Bertz CT molecular complexity index is 1070. The number of rotatable bonds is 8. The fourth-order valence-electron chi connectivity index (χ4n) is 4.01. The van der Waals surface area contributed by atoms with Gasteiger partial charge in [0, 0.05) is 44.0 Å². The number of pyridine rings is 1. The highest BCUT2D eigenvalue weighted by atomic mass is 32.1. The van der Waals surface area contributed by atoms with Crippen molar-refractivity contribution in [3.63, 3.8) is 0 Å². The number of nitrogens with one attached hydrogen (secondary N) is 1. The highest BCUT2D eigenvalue weighted by Crippen LogP contribution is 2.39. The van der Waals surface area contributed by atoms with E-state index in [4.69, 9.17) is 17.0 Å². The quantitative estimate of drug-likeness (QED) is 0.413. The van der Waals surface area contributed by atoms with Gasteiger partial charge in [0.15, 0.2) is 5.11 Å². The van der Waals surface area contributed by atoms with Gasteiger partial charge >= 0.3 is 5.97 Å². The second-order valence-corrected chi connectivity index (χ2v) is 7.71. The van der Waals surface area contributed by atoms with Crippen LogP contribution in [0.2, 0.25) is 0 Å². The zero-order valence-electron chi connectivity index (χ0n) is 17.1. The highest BCUT2D eigenvalue weighted by Gasteiger charge is 2.40. The minimum atomic E-state index is -0.952. The van der Waals surface area contributed by atoms with E-state index in [0.29, 0.717) is 11.7 Å². The van der Waals surface area contributed by atoms with E-state index in [1.54, 1.807) is 31.5 Å². The molecular weight excluding hydrogens is 412 g/mol. The molecule has 2 atom stereocenters. The van der Waals surface area contributed by atoms with Crippen LogP contribution in [0.1, 0.15) is 40.3 Å². The predicted molar refractivity (Wildman–Crippen MR) is 121 cm³/mol. The molecule has 0 spiro atoms. The molecule has 2 N–H and O–H groups in total. The molecule has 0 aliphatic carbocycles. The number of carbonyl (C=O) groups is 1. The monoisotopic (exact) mass is 436 g/mol. The number of aromatic nitrogens is 2. The average Bonchev–Trinajstić information content (AvgIpc) is 3.39. The van der Waals surface area contributed by atoms with Crippen LogP contribution in [-0.2, 0) is 4.74 Å². The van der Waals surface area contributed by atoms with Crippen LogP contribution in [-0.4, -0.2) is 50.9 Å². The number of nitrogens with zero attached hydrogens (tertiary/aromatic N) is 3. The molecule has 1 fully saturated rings. The molecule has 0 radical (unpaired) electrons. The Morgan fingerprint density at radius 3 is 2.84 bits per heavy atom. The van der Waals surface area contributed by atoms with E-state index in [-0.39, 0.29) is 17.6 Å². The summed E-state index contributed by atoms with van der Waals surface area (Å²) in [6.45, 7) is 1.37.